The van der Waals surface area contributed by atoms with E-state index in [1.54, 1.807) is 0 Å². The summed E-state index contributed by atoms with van der Waals surface area (Å²) in [6.07, 6.45) is 53.5. The SMILES string of the molecule is CCCCCCCCCCCCCCCCCCCCCCCCCCCCCOC(=O)CCCCCCCCCCCCC. The average molecular weight is 635 g/mol. The zero-order chi connectivity index (χ0) is 32.6. The molecule has 0 aliphatic rings. The van der Waals surface area contributed by atoms with Crippen molar-refractivity contribution < 1.29 is 9.53 Å². The van der Waals surface area contributed by atoms with Gasteiger partial charge in [-0.1, -0.05) is 245 Å². The summed E-state index contributed by atoms with van der Waals surface area (Å²) in [5, 5.41) is 0. The minimum Gasteiger partial charge on any atom is -0.466 e. The lowest BCUT2D eigenvalue weighted by atomic mass is 10.0. The maximum Gasteiger partial charge on any atom is 0.305 e. The summed E-state index contributed by atoms with van der Waals surface area (Å²) in [5.41, 5.74) is 0. The maximum absolute atomic E-state index is 11.9. The first-order chi connectivity index (χ1) is 22.3. The third kappa shape index (κ3) is 41.4. The smallest absolute Gasteiger partial charge is 0.305 e. The molecule has 0 amide bonds. The number of ether oxygens (including phenoxy) is 1. The molecule has 0 saturated heterocycles. The van der Waals surface area contributed by atoms with E-state index in [1.807, 2.05) is 0 Å². The van der Waals surface area contributed by atoms with E-state index < -0.39 is 0 Å². The van der Waals surface area contributed by atoms with E-state index >= 15 is 0 Å². The van der Waals surface area contributed by atoms with Crippen molar-refractivity contribution in [2.75, 3.05) is 6.61 Å². The minimum absolute atomic E-state index is 0.0285. The van der Waals surface area contributed by atoms with Crippen molar-refractivity contribution in [3.63, 3.8) is 0 Å². The van der Waals surface area contributed by atoms with E-state index in [1.165, 1.54) is 231 Å². The van der Waals surface area contributed by atoms with Crippen LogP contribution in [0.15, 0.2) is 0 Å². The molecule has 0 aromatic rings. The Hall–Kier alpha value is -0.530. The maximum atomic E-state index is 11.9. The quantitative estimate of drug-likeness (QED) is 0.0495. The molecule has 0 unspecified atom stereocenters. The van der Waals surface area contributed by atoms with Gasteiger partial charge < -0.3 is 4.74 Å². The van der Waals surface area contributed by atoms with Gasteiger partial charge in [0.05, 0.1) is 6.61 Å². The number of rotatable bonds is 40. The van der Waals surface area contributed by atoms with Crippen molar-refractivity contribution in [2.24, 2.45) is 0 Å². The summed E-state index contributed by atoms with van der Waals surface area (Å²) >= 11 is 0. The number of carbonyl (C=O) groups is 1. The van der Waals surface area contributed by atoms with Crippen LogP contribution in [0.25, 0.3) is 0 Å². The van der Waals surface area contributed by atoms with Gasteiger partial charge in [0, 0.05) is 6.42 Å². The van der Waals surface area contributed by atoms with Crippen LogP contribution < -0.4 is 0 Å². The third-order valence-electron chi connectivity index (χ3n) is 10.00. The number of hydrogen-bond acceptors (Lipinski definition) is 2. The van der Waals surface area contributed by atoms with Gasteiger partial charge in [0.25, 0.3) is 0 Å². The van der Waals surface area contributed by atoms with Crippen LogP contribution in [-0.2, 0) is 9.53 Å². The summed E-state index contributed by atoms with van der Waals surface area (Å²) in [5.74, 6) is 0.0285. The molecular formula is C43H86O2. The molecule has 0 radical (unpaired) electrons. The van der Waals surface area contributed by atoms with Crippen molar-refractivity contribution in [1.29, 1.82) is 0 Å². The first-order valence-corrected chi connectivity index (χ1v) is 21.5. The van der Waals surface area contributed by atoms with Gasteiger partial charge >= 0.3 is 5.97 Å². The van der Waals surface area contributed by atoms with Crippen LogP contribution in [0.3, 0.4) is 0 Å². The van der Waals surface area contributed by atoms with Crippen LogP contribution in [0.2, 0.25) is 0 Å². The summed E-state index contributed by atoms with van der Waals surface area (Å²) in [4.78, 5) is 11.9. The molecule has 0 aliphatic carbocycles. The molecule has 0 aromatic heterocycles. The molecule has 0 spiro atoms. The molecule has 0 saturated carbocycles. The van der Waals surface area contributed by atoms with Crippen LogP contribution in [0.4, 0.5) is 0 Å². The molecule has 0 N–H and O–H groups in total. The third-order valence-corrected chi connectivity index (χ3v) is 10.00. The second kappa shape index (κ2) is 41.5. The van der Waals surface area contributed by atoms with E-state index in [4.69, 9.17) is 4.74 Å². The monoisotopic (exact) mass is 635 g/mol. The molecule has 0 rings (SSSR count). The Balaban J connectivity index is 3.12. The Bertz CT molecular complexity index is 530. The van der Waals surface area contributed by atoms with Crippen LogP contribution in [-0.4, -0.2) is 12.6 Å². The summed E-state index contributed by atoms with van der Waals surface area (Å²) < 4.78 is 5.45. The predicted molar refractivity (Wildman–Crippen MR) is 202 cm³/mol. The van der Waals surface area contributed by atoms with Crippen molar-refractivity contribution in [3.8, 4) is 0 Å². The second-order valence-corrected chi connectivity index (χ2v) is 14.7. The molecule has 2 nitrogen and oxygen atoms in total. The van der Waals surface area contributed by atoms with E-state index in [0.29, 0.717) is 13.0 Å². The van der Waals surface area contributed by atoms with Crippen molar-refractivity contribution in [2.45, 2.75) is 264 Å². The highest BCUT2D eigenvalue weighted by Crippen LogP contribution is 2.17. The first kappa shape index (κ1) is 44.5. The van der Waals surface area contributed by atoms with E-state index in [-0.39, 0.29) is 5.97 Å². The van der Waals surface area contributed by atoms with Gasteiger partial charge in [0.1, 0.15) is 0 Å². The fourth-order valence-corrected chi connectivity index (χ4v) is 6.79. The van der Waals surface area contributed by atoms with Gasteiger partial charge in [-0.3, -0.25) is 4.79 Å². The molecule has 0 aliphatic heterocycles. The van der Waals surface area contributed by atoms with Gasteiger partial charge in [-0.2, -0.15) is 0 Å². The largest absolute Gasteiger partial charge is 0.466 e. The average Bonchev–Trinajstić information content (AvgIpc) is 3.05. The predicted octanol–water partition coefficient (Wildman–Crippen LogP) is 15.8. The molecule has 0 fully saturated rings. The molecule has 2 heteroatoms. The molecule has 0 atom stereocenters. The van der Waals surface area contributed by atoms with E-state index in [9.17, 15) is 4.79 Å². The lowest BCUT2D eigenvalue weighted by Gasteiger charge is -2.06. The summed E-state index contributed by atoms with van der Waals surface area (Å²) in [7, 11) is 0. The van der Waals surface area contributed by atoms with Crippen molar-refractivity contribution in [3.05, 3.63) is 0 Å². The Kier molecular flexibility index (Phi) is 41.0. The van der Waals surface area contributed by atoms with Crippen LogP contribution in [0.5, 0.6) is 0 Å². The number of hydrogen-bond donors (Lipinski definition) is 0. The Morgan fingerprint density at radius 3 is 0.733 bits per heavy atom. The topological polar surface area (TPSA) is 26.3 Å². The number of carbonyl (C=O) groups excluding carboxylic acids is 1. The van der Waals surface area contributed by atoms with Gasteiger partial charge in [0.15, 0.2) is 0 Å². The Morgan fingerprint density at radius 2 is 0.489 bits per heavy atom. The highest BCUT2D eigenvalue weighted by molar-refractivity contribution is 5.69. The fourth-order valence-electron chi connectivity index (χ4n) is 6.79. The van der Waals surface area contributed by atoms with Crippen molar-refractivity contribution >= 4 is 5.97 Å². The van der Waals surface area contributed by atoms with Gasteiger partial charge in [-0.05, 0) is 12.8 Å². The highest BCUT2D eigenvalue weighted by atomic mass is 16.5. The zero-order valence-electron chi connectivity index (χ0n) is 31.6. The van der Waals surface area contributed by atoms with E-state index in [2.05, 4.69) is 13.8 Å². The van der Waals surface area contributed by atoms with Crippen LogP contribution in [0, 0.1) is 0 Å². The van der Waals surface area contributed by atoms with Crippen molar-refractivity contribution in [1.82, 2.24) is 0 Å². The Morgan fingerprint density at radius 1 is 0.289 bits per heavy atom. The molecular weight excluding hydrogens is 548 g/mol. The first-order valence-electron chi connectivity index (χ1n) is 21.5. The number of esters is 1. The second-order valence-electron chi connectivity index (χ2n) is 14.7. The molecule has 0 bridgehead atoms. The molecule has 270 valence electrons. The lowest BCUT2D eigenvalue weighted by molar-refractivity contribution is -0.143. The standard InChI is InChI=1S/C43H86O2/c1-3-5-7-9-11-13-15-16-17-18-19-20-21-22-23-24-25-26-27-28-29-30-32-34-36-38-40-42-45-43(44)41-39-37-35-33-31-14-12-10-8-6-4-2/h3-42H2,1-2H3. The molecule has 0 aromatic carbocycles. The Labute approximate surface area is 285 Å². The highest BCUT2D eigenvalue weighted by Gasteiger charge is 2.03. The van der Waals surface area contributed by atoms with Gasteiger partial charge in [0.2, 0.25) is 0 Å². The normalized spacial score (nSPS) is 11.4. The minimum atomic E-state index is 0.0285. The fraction of sp³-hybridized carbons (Fsp3) is 0.977. The lowest BCUT2D eigenvalue weighted by Crippen LogP contribution is -2.05. The van der Waals surface area contributed by atoms with Gasteiger partial charge in [-0.25, -0.2) is 0 Å². The molecule has 45 heavy (non-hydrogen) atoms. The zero-order valence-corrected chi connectivity index (χ0v) is 31.6. The van der Waals surface area contributed by atoms with Crippen LogP contribution in [0.1, 0.15) is 264 Å². The number of unbranched alkanes of at least 4 members (excludes halogenated alkanes) is 36. The van der Waals surface area contributed by atoms with Gasteiger partial charge in [-0.15, -0.1) is 0 Å². The van der Waals surface area contributed by atoms with Crippen LogP contribution >= 0.6 is 0 Å². The van der Waals surface area contributed by atoms with E-state index in [0.717, 1.165) is 12.8 Å². The summed E-state index contributed by atoms with van der Waals surface area (Å²) in [6.45, 7) is 5.22. The summed E-state index contributed by atoms with van der Waals surface area (Å²) in [6, 6.07) is 0. The molecule has 0 heterocycles.